The maximum absolute atomic E-state index is 12.1. The SMILES string of the molecule is C/C=C(\C)N.CC.COc1ccc(S(=O)(=O)/C(C)=C/C=C(\C)O)cc1. The highest BCUT2D eigenvalue weighted by molar-refractivity contribution is 7.95. The van der Waals surface area contributed by atoms with E-state index in [0.29, 0.717) is 5.75 Å². The Morgan fingerprint density at radius 3 is 1.84 bits per heavy atom. The summed E-state index contributed by atoms with van der Waals surface area (Å²) in [5, 5.41) is 9.01. The van der Waals surface area contributed by atoms with Gasteiger partial charge in [-0.25, -0.2) is 8.42 Å². The van der Waals surface area contributed by atoms with Crippen LogP contribution in [0.25, 0.3) is 0 Å². The molecule has 0 fully saturated rings. The number of methoxy groups -OCH3 is 1. The molecular formula is C19H31NO4S. The quantitative estimate of drug-likeness (QED) is 0.591. The van der Waals surface area contributed by atoms with E-state index in [1.165, 1.54) is 45.2 Å². The number of benzene rings is 1. The van der Waals surface area contributed by atoms with Crippen molar-refractivity contribution in [2.45, 2.75) is 46.4 Å². The Kier molecular flexibility index (Phi) is 13.1. The van der Waals surface area contributed by atoms with Crippen LogP contribution in [0.4, 0.5) is 0 Å². The number of hydrogen-bond acceptors (Lipinski definition) is 5. The Labute approximate surface area is 152 Å². The number of allylic oxidation sites excluding steroid dienone is 6. The lowest BCUT2D eigenvalue weighted by molar-refractivity contribution is 0.414. The van der Waals surface area contributed by atoms with Crippen LogP contribution in [-0.4, -0.2) is 20.6 Å². The summed E-state index contributed by atoms with van der Waals surface area (Å²) in [6.07, 6.45) is 4.57. The van der Waals surface area contributed by atoms with E-state index in [1.807, 2.05) is 33.8 Å². The Balaban J connectivity index is 0. The van der Waals surface area contributed by atoms with Gasteiger partial charge in [-0.1, -0.05) is 19.9 Å². The number of nitrogens with two attached hydrogens (primary N) is 1. The van der Waals surface area contributed by atoms with Gasteiger partial charge >= 0.3 is 0 Å². The molecule has 0 aliphatic carbocycles. The molecule has 0 saturated heterocycles. The molecular weight excluding hydrogens is 338 g/mol. The fourth-order valence-electron chi connectivity index (χ4n) is 1.27. The van der Waals surface area contributed by atoms with Crippen molar-refractivity contribution in [2.24, 2.45) is 5.73 Å². The molecule has 1 rings (SSSR count). The fourth-order valence-corrected chi connectivity index (χ4v) is 2.38. The minimum absolute atomic E-state index is 0.0549. The number of hydrogen-bond donors (Lipinski definition) is 2. The van der Waals surface area contributed by atoms with Crippen molar-refractivity contribution in [1.82, 2.24) is 0 Å². The molecule has 25 heavy (non-hydrogen) atoms. The van der Waals surface area contributed by atoms with Crippen molar-refractivity contribution in [3.63, 3.8) is 0 Å². The third kappa shape index (κ3) is 10.3. The highest BCUT2D eigenvalue weighted by Gasteiger charge is 2.16. The third-order valence-corrected chi connectivity index (χ3v) is 4.68. The lowest BCUT2D eigenvalue weighted by atomic mass is 10.3. The van der Waals surface area contributed by atoms with Gasteiger partial charge in [-0.2, -0.15) is 0 Å². The van der Waals surface area contributed by atoms with E-state index < -0.39 is 9.84 Å². The van der Waals surface area contributed by atoms with E-state index in [9.17, 15) is 8.42 Å². The number of rotatable bonds is 4. The Morgan fingerprint density at radius 1 is 1.08 bits per heavy atom. The van der Waals surface area contributed by atoms with Crippen LogP contribution in [0.5, 0.6) is 5.75 Å². The number of aliphatic hydroxyl groups excluding tert-OH is 1. The largest absolute Gasteiger partial charge is 0.513 e. The Hall–Kier alpha value is -2.21. The molecule has 0 saturated carbocycles. The summed E-state index contributed by atoms with van der Waals surface area (Å²) in [7, 11) is -1.99. The van der Waals surface area contributed by atoms with Crippen LogP contribution in [0.1, 0.15) is 41.5 Å². The van der Waals surface area contributed by atoms with Gasteiger partial charge in [0.15, 0.2) is 0 Å². The fraction of sp³-hybridized carbons (Fsp3) is 0.368. The molecule has 0 spiro atoms. The van der Waals surface area contributed by atoms with Crippen molar-refractivity contribution in [3.8, 4) is 5.75 Å². The van der Waals surface area contributed by atoms with Gasteiger partial charge in [-0.05, 0) is 64.1 Å². The van der Waals surface area contributed by atoms with Crippen LogP contribution in [-0.2, 0) is 9.84 Å². The molecule has 142 valence electrons. The lowest BCUT2D eigenvalue weighted by Crippen LogP contribution is -2.02. The van der Waals surface area contributed by atoms with E-state index in [-0.39, 0.29) is 15.6 Å². The molecule has 0 aliphatic rings. The van der Waals surface area contributed by atoms with E-state index >= 15 is 0 Å². The predicted molar refractivity (Wildman–Crippen MR) is 105 cm³/mol. The summed E-state index contributed by atoms with van der Waals surface area (Å²) < 4.78 is 29.2. The van der Waals surface area contributed by atoms with Crippen molar-refractivity contribution in [1.29, 1.82) is 0 Å². The van der Waals surface area contributed by atoms with Gasteiger partial charge in [-0.15, -0.1) is 0 Å². The monoisotopic (exact) mass is 369 g/mol. The second-order valence-electron chi connectivity index (χ2n) is 4.80. The molecule has 0 unspecified atom stereocenters. The van der Waals surface area contributed by atoms with Crippen LogP contribution in [0, 0.1) is 0 Å². The van der Waals surface area contributed by atoms with E-state index in [4.69, 9.17) is 15.6 Å². The molecule has 0 atom stereocenters. The first kappa shape index (κ1) is 25.0. The highest BCUT2D eigenvalue weighted by atomic mass is 32.2. The normalized spacial score (nSPS) is 12.4. The molecule has 1 aromatic rings. The maximum Gasteiger partial charge on any atom is 0.202 e. The zero-order valence-electron chi connectivity index (χ0n) is 16.2. The molecule has 3 N–H and O–H groups in total. The maximum atomic E-state index is 12.1. The molecule has 6 heteroatoms. The van der Waals surface area contributed by atoms with Crippen molar-refractivity contribution in [2.75, 3.05) is 7.11 Å². The van der Waals surface area contributed by atoms with Gasteiger partial charge in [0, 0.05) is 10.6 Å². The van der Waals surface area contributed by atoms with Crippen molar-refractivity contribution < 1.29 is 18.3 Å². The average molecular weight is 370 g/mol. The Bertz CT molecular complexity index is 677. The summed E-state index contributed by atoms with van der Waals surface area (Å²) >= 11 is 0. The van der Waals surface area contributed by atoms with Crippen LogP contribution in [0.15, 0.2) is 63.8 Å². The average Bonchev–Trinajstić information content (AvgIpc) is 2.61. The van der Waals surface area contributed by atoms with Gasteiger partial charge in [0.1, 0.15) is 5.75 Å². The van der Waals surface area contributed by atoms with E-state index in [1.54, 1.807) is 12.1 Å². The first-order valence-electron chi connectivity index (χ1n) is 7.96. The zero-order chi connectivity index (χ0) is 20.0. The van der Waals surface area contributed by atoms with E-state index in [2.05, 4.69) is 0 Å². The second kappa shape index (κ2) is 13.1. The summed E-state index contributed by atoms with van der Waals surface area (Å²) in [6.45, 7) is 10.7. The molecule has 5 nitrogen and oxygen atoms in total. The lowest BCUT2D eigenvalue weighted by Gasteiger charge is -2.05. The third-order valence-electron chi connectivity index (χ3n) is 2.81. The van der Waals surface area contributed by atoms with E-state index in [0.717, 1.165) is 5.70 Å². The standard InChI is InChI=1S/C13H16O4S.C4H9N.C2H6/c1-10(14)4-5-11(2)18(15,16)13-8-6-12(17-3)7-9-13;1-3-4(2)5;1-2/h4-9,14H,1-3H3;3H,5H2,1-2H3;1-2H3/b10-4+,11-5+;4-3+;. The first-order valence-corrected chi connectivity index (χ1v) is 9.45. The van der Waals surface area contributed by atoms with Gasteiger partial charge in [0.05, 0.1) is 17.8 Å². The topological polar surface area (TPSA) is 89.6 Å². The number of sulfone groups is 1. The molecule has 0 radical (unpaired) electrons. The van der Waals surface area contributed by atoms with Gasteiger partial charge in [0.25, 0.3) is 0 Å². The molecule has 0 aliphatic heterocycles. The molecule has 0 bridgehead atoms. The molecule has 1 aromatic carbocycles. The summed E-state index contributed by atoms with van der Waals surface area (Å²) in [4.78, 5) is 0.363. The van der Waals surface area contributed by atoms with Gasteiger partial charge in [0.2, 0.25) is 9.84 Å². The molecule has 0 heterocycles. The smallest absolute Gasteiger partial charge is 0.202 e. The summed E-state index contributed by atoms with van der Waals surface area (Å²) in [5.74, 6) is 0.654. The highest BCUT2D eigenvalue weighted by Crippen LogP contribution is 2.21. The molecule has 0 amide bonds. The summed E-state index contributed by atoms with van der Waals surface area (Å²) in [6, 6.07) is 6.16. The van der Waals surface area contributed by atoms with Crippen molar-refractivity contribution in [3.05, 3.63) is 58.9 Å². The number of aliphatic hydroxyl groups is 1. The number of ether oxygens (including phenoxy) is 1. The van der Waals surface area contributed by atoms with Crippen molar-refractivity contribution >= 4 is 9.84 Å². The van der Waals surface area contributed by atoms with Crippen LogP contribution < -0.4 is 10.5 Å². The van der Waals surface area contributed by atoms with Gasteiger partial charge < -0.3 is 15.6 Å². The minimum atomic E-state index is -3.51. The first-order chi connectivity index (χ1) is 11.6. The van der Waals surface area contributed by atoms with Gasteiger partial charge in [-0.3, -0.25) is 0 Å². The van der Waals surface area contributed by atoms with Crippen LogP contribution in [0.3, 0.4) is 0 Å². The second-order valence-corrected chi connectivity index (χ2v) is 6.92. The predicted octanol–water partition coefficient (Wildman–Crippen LogP) is 4.73. The zero-order valence-corrected chi connectivity index (χ0v) is 17.0. The van der Waals surface area contributed by atoms with Crippen LogP contribution in [0.2, 0.25) is 0 Å². The minimum Gasteiger partial charge on any atom is -0.513 e. The molecule has 0 aromatic heterocycles. The van der Waals surface area contributed by atoms with Crippen LogP contribution >= 0.6 is 0 Å². The summed E-state index contributed by atoms with van der Waals surface area (Å²) in [5.41, 5.74) is 6.03. The Morgan fingerprint density at radius 2 is 1.52 bits per heavy atom.